The molecular weight excluding hydrogens is 250 g/mol. The molecule has 2 unspecified atom stereocenters. The lowest BCUT2D eigenvalue weighted by Gasteiger charge is -2.25. The summed E-state index contributed by atoms with van der Waals surface area (Å²) in [5.74, 6) is 1.81. The standard InChI is InChI=1S/C17H29NS/c1-3-16-10-11-17(19-16)12-14-8-6-5-7-9-15(14)13-18-4-2/h10-11,14-15,18H,3-9,12-13H2,1-2H3. The lowest BCUT2D eigenvalue weighted by Crippen LogP contribution is -2.28. The molecule has 2 rings (SSSR count). The van der Waals surface area contributed by atoms with E-state index in [2.05, 4.69) is 31.3 Å². The monoisotopic (exact) mass is 279 g/mol. The van der Waals surface area contributed by atoms with Crippen molar-refractivity contribution in [1.29, 1.82) is 0 Å². The summed E-state index contributed by atoms with van der Waals surface area (Å²) in [7, 11) is 0. The Kier molecular flexibility index (Phi) is 6.39. The minimum absolute atomic E-state index is 0.898. The maximum atomic E-state index is 3.58. The van der Waals surface area contributed by atoms with E-state index in [0.29, 0.717) is 0 Å². The highest BCUT2D eigenvalue weighted by Gasteiger charge is 2.23. The zero-order valence-electron chi connectivity index (χ0n) is 12.6. The Hall–Kier alpha value is -0.340. The van der Waals surface area contributed by atoms with Crippen LogP contribution in [0.1, 0.15) is 55.7 Å². The minimum Gasteiger partial charge on any atom is -0.317 e. The van der Waals surface area contributed by atoms with Gasteiger partial charge in [-0.1, -0.05) is 33.1 Å². The van der Waals surface area contributed by atoms with E-state index in [1.165, 1.54) is 51.5 Å². The van der Waals surface area contributed by atoms with Crippen molar-refractivity contribution >= 4 is 11.3 Å². The predicted molar refractivity (Wildman–Crippen MR) is 86.0 cm³/mol. The number of aryl methyl sites for hydroxylation is 1. The van der Waals surface area contributed by atoms with Crippen LogP contribution in [-0.4, -0.2) is 13.1 Å². The minimum atomic E-state index is 0.898. The van der Waals surface area contributed by atoms with Crippen LogP contribution in [0.25, 0.3) is 0 Å². The lowest BCUT2D eigenvalue weighted by molar-refractivity contribution is 0.301. The van der Waals surface area contributed by atoms with Crippen molar-refractivity contribution in [3.05, 3.63) is 21.9 Å². The van der Waals surface area contributed by atoms with Crippen molar-refractivity contribution in [3.63, 3.8) is 0 Å². The largest absolute Gasteiger partial charge is 0.317 e. The van der Waals surface area contributed by atoms with E-state index in [1.807, 2.05) is 11.3 Å². The van der Waals surface area contributed by atoms with E-state index in [-0.39, 0.29) is 0 Å². The quantitative estimate of drug-likeness (QED) is 0.747. The lowest BCUT2D eigenvalue weighted by atomic mass is 9.85. The number of rotatable bonds is 6. The molecular formula is C17H29NS. The molecule has 1 heterocycles. The summed E-state index contributed by atoms with van der Waals surface area (Å²) < 4.78 is 0. The Bertz CT molecular complexity index is 358. The van der Waals surface area contributed by atoms with Gasteiger partial charge in [0.25, 0.3) is 0 Å². The first-order valence-electron chi connectivity index (χ1n) is 8.11. The van der Waals surface area contributed by atoms with Crippen LogP contribution < -0.4 is 5.32 Å². The molecule has 1 saturated carbocycles. The zero-order chi connectivity index (χ0) is 13.5. The van der Waals surface area contributed by atoms with Crippen LogP contribution in [0.3, 0.4) is 0 Å². The van der Waals surface area contributed by atoms with Gasteiger partial charge in [0.2, 0.25) is 0 Å². The Morgan fingerprint density at radius 3 is 2.47 bits per heavy atom. The van der Waals surface area contributed by atoms with E-state index in [1.54, 1.807) is 9.75 Å². The highest BCUT2D eigenvalue weighted by Crippen LogP contribution is 2.32. The fraction of sp³-hybridized carbons (Fsp3) is 0.765. The zero-order valence-corrected chi connectivity index (χ0v) is 13.4. The first-order valence-corrected chi connectivity index (χ1v) is 8.93. The van der Waals surface area contributed by atoms with Crippen molar-refractivity contribution in [2.45, 2.75) is 58.8 Å². The molecule has 1 aromatic heterocycles. The topological polar surface area (TPSA) is 12.0 Å². The molecule has 2 heteroatoms. The predicted octanol–water partition coefficient (Wildman–Crippen LogP) is 4.66. The van der Waals surface area contributed by atoms with Gasteiger partial charge in [-0.2, -0.15) is 0 Å². The molecule has 0 aromatic carbocycles. The van der Waals surface area contributed by atoms with Gasteiger partial charge in [-0.15, -0.1) is 11.3 Å². The Labute approximate surface area is 122 Å². The van der Waals surface area contributed by atoms with E-state index < -0.39 is 0 Å². The van der Waals surface area contributed by atoms with Crippen LogP contribution in [0.5, 0.6) is 0 Å². The van der Waals surface area contributed by atoms with Crippen LogP contribution >= 0.6 is 11.3 Å². The van der Waals surface area contributed by atoms with Crippen LogP contribution in [-0.2, 0) is 12.8 Å². The third-order valence-corrected chi connectivity index (χ3v) is 5.75. The first-order chi connectivity index (χ1) is 9.33. The second-order valence-corrected chi connectivity index (χ2v) is 7.14. The van der Waals surface area contributed by atoms with E-state index in [9.17, 15) is 0 Å². The molecule has 2 atom stereocenters. The molecule has 0 radical (unpaired) electrons. The number of nitrogens with one attached hydrogen (secondary N) is 1. The third-order valence-electron chi connectivity index (χ3n) is 4.50. The van der Waals surface area contributed by atoms with Crippen molar-refractivity contribution < 1.29 is 0 Å². The Morgan fingerprint density at radius 2 is 1.79 bits per heavy atom. The van der Waals surface area contributed by atoms with Crippen LogP contribution in [0.15, 0.2) is 12.1 Å². The molecule has 1 aliphatic carbocycles. The summed E-state index contributed by atoms with van der Waals surface area (Å²) in [6.45, 7) is 6.82. The molecule has 0 amide bonds. The summed E-state index contributed by atoms with van der Waals surface area (Å²) in [6, 6.07) is 4.70. The van der Waals surface area contributed by atoms with Crippen LogP contribution in [0, 0.1) is 11.8 Å². The van der Waals surface area contributed by atoms with Gasteiger partial charge in [0.1, 0.15) is 0 Å². The molecule has 1 N–H and O–H groups in total. The normalized spacial score (nSPS) is 24.3. The summed E-state index contributed by atoms with van der Waals surface area (Å²) in [4.78, 5) is 3.16. The molecule has 0 aliphatic heterocycles. The molecule has 0 bridgehead atoms. The van der Waals surface area contributed by atoms with Gasteiger partial charge in [0.15, 0.2) is 0 Å². The highest BCUT2D eigenvalue weighted by atomic mass is 32.1. The van der Waals surface area contributed by atoms with Gasteiger partial charge in [0.05, 0.1) is 0 Å². The van der Waals surface area contributed by atoms with Crippen molar-refractivity contribution in [2.24, 2.45) is 11.8 Å². The fourth-order valence-corrected chi connectivity index (χ4v) is 4.36. The molecule has 1 fully saturated rings. The van der Waals surface area contributed by atoms with Gasteiger partial charge in [0, 0.05) is 9.75 Å². The summed E-state index contributed by atoms with van der Waals surface area (Å²) in [5.41, 5.74) is 0. The van der Waals surface area contributed by atoms with Gasteiger partial charge in [-0.3, -0.25) is 0 Å². The van der Waals surface area contributed by atoms with Crippen molar-refractivity contribution in [1.82, 2.24) is 5.32 Å². The van der Waals surface area contributed by atoms with Crippen LogP contribution in [0.2, 0.25) is 0 Å². The van der Waals surface area contributed by atoms with Crippen molar-refractivity contribution in [3.8, 4) is 0 Å². The maximum absolute atomic E-state index is 3.58. The molecule has 1 nitrogen and oxygen atoms in total. The Morgan fingerprint density at radius 1 is 1.05 bits per heavy atom. The summed E-state index contributed by atoms with van der Waals surface area (Å²) in [6.07, 6.45) is 9.72. The van der Waals surface area contributed by atoms with E-state index >= 15 is 0 Å². The molecule has 108 valence electrons. The second kappa shape index (κ2) is 8.06. The van der Waals surface area contributed by atoms with Crippen molar-refractivity contribution in [2.75, 3.05) is 13.1 Å². The van der Waals surface area contributed by atoms with Crippen LogP contribution in [0.4, 0.5) is 0 Å². The van der Waals surface area contributed by atoms with E-state index in [0.717, 1.165) is 18.4 Å². The Balaban J connectivity index is 1.96. The molecule has 0 saturated heterocycles. The maximum Gasteiger partial charge on any atom is 0.00510 e. The molecule has 1 aromatic rings. The average molecular weight is 279 g/mol. The second-order valence-electron chi connectivity index (χ2n) is 5.89. The van der Waals surface area contributed by atoms with E-state index in [4.69, 9.17) is 0 Å². The summed E-state index contributed by atoms with van der Waals surface area (Å²) >= 11 is 2.04. The fourth-order valence-electron chi connectivity index (χ4n) is 3.31. The van der Waals surface area contributed by atoms with Gasteiger partial charge in [-0.05, 0) is 62.7 Å². The summed E-state index contributed by atoms with van der Waals surface area (Å²) in [5, 5.41) is 3.58. The highest BCUT2D eigenvalue weighted by molar-refractivity contribution is 7.11. The number of hydrogen-bond donors (Lipinski definition) is 1. The van der Waals surface area contributed by atoms with Gasteiger partial charge < -0.3 is 5.32 Å². The molecule has 19 heavy (non-hydrogen) atoms. The molecule has 0 spiro atoms. The average Bonchev–Trinajstić information content (AvgIpc) is 2.77. The SMILES string of the molecule is CCNCC1CCCCCC1Cc1ccc(CC)s1. The van der Waals surface area contributed by atoms with Gasteiger partial charge >= 0.3 is 0 Å². The smallest absolute Gasteiger partial charge is 0.00510 e. The third kappa shape index (κ3) is 4.61. The number of thiophene rings is 1. The number of hydrogen-bond acceptors (Lipinski definition) is 2. The molecule has 1 aliphatic rings. The first kappa shape index (κ1) is 15.1. The van der Waals surface area contributed by atoms with Gasteiger partial charge in [-0.25, -0.2) is 0 Å².